The van der Waals surface area contributed by atoms with Crippen LogP contribution in [0.5, 0.6) is 0 Å². The van der Waals surface area contributed by atoms with Crippen molar-refractivity contribution in [3.8, 4) is 0 Å². The van der Waals surface area contributed by atoms with E-state index in [0.29, 0.717) is 5.25 Å². The van der Waals surface area contributed by atoms with Crippen LogP contribution < -0.4 is 0 Å². The van der Waals surface area contributed by atoms with Gasteiger partial charge in [0.1, 0.15) is 5.82 Å². The van der Waals surface area contributed by atoms with Crippen molar-refractivity contribution in [2.24, 2.45) is 0 Å². The summed E-state index contributed by atoms with van der Waals surface area (Å²) < 4.78 is 2.27. The minimum atomic E-state index is -0.0882. The summed E-state index contributed by atoms with van der Waals surface area (Å²) in [7, 11) is 0. The molecule has 1 aliphatic heterocycles. The van der Waals surface area contributed by atoms with Crippen molar-refractivity contribution in [1.29, 1.82) is 0 Å². The summed E-state index contributed by atoms with van der Waals surface area (Å²) >= 11 is 14.5. The van der Waals surface area contributed by atoms with E-state index in [1.807, 2.05) is 25.1 Å². The number of fused-ring (bicyclic) bond motifs is 1. The van der Waals surface area contributed by atoms with Crippen molar-refractivity contribution in [1.82, 2.24) is 9.55 Å². The summed E-state index contributed by atoms with van der Waals surface area (Å²) in [5.74, 6) is 2.22. The first-order valence-electron chi connectivity index (χ1n) is 7.06. The number of hydrogen-bond acceptors (Lipinski definition) is 2. The molecule has 1 aromatic carbocycles. The molecule has 0 N–H and O–H groups in total. The maximum atomic E-state index is 6.31. The van der Waals surface area contributed by atoms with Crippen LogP contribution in [0.15, 0.2) is 18.2 Å². The van der Waals surface area contributed by atoms with Crippen LogP contribution in [0.25, 0.3) is 11.0 Å². The highest BCUT2D eigenvalue weighted by atomic mass is 35.5. The van der Waals surface area contributed by atoms with Gasteiger partial charge in [-0.25, -0.2) is 4.98 Å². The maximum absolute atomic E-state index is 6.31. The molecule has 2 heterocycles. The second kappa shape index (κ2) is 6.17. The predicted molar refractivity (Wildman–Crippen MR) is 89.1 cm³/mol. The molecule has 0 bridgehead atoms. The van der Waals surface area contributed by atoms with Crippen LogP contribution in [0.3, 0.4) is 0 Å². The first-order valence-corrected chi connectivity index (χ1v) is 8.93. The summed E-state index contributed by atoms with van der Waals surface area (Å²) in [5, 5.41) is 1.33. The molecule has 0 amide bonds. The van der Waals surface area contributed by atoms with Gasteiger partial charge in [0.2, 0.25) is 0 Å². The number of thioether (sulfide) groups is 1. The van der Waals surface area contributed by atoms with Crippen molar-refractivity contribution in [3.05, 3.63) is 29.0 Å². The number of halogens is 2. The van der Waals surface area contributed by atoms with Gasteiger partial charge in [-0.15, -0.1) is 11.6 Å². The Balaban J connectivity index is 2.01. The van der Waals surface area contributed by atoms with Crippen LogP contribution in [0.1, 0.15) is 37.4 Å². The van der Waals surface area contributed by atoms with Gasteiger partial charge in [-0.2, -0.15) is 11.8 Å². The van der Waals surface area contributed by atoms with E-state index in [9.17, 15) is 0 Å². The lowest BCUT2D eigenvalue weighted by Gasteiger charge is -2.23. The lowest BCUT2D eigenvalue weighted by Crippen LogP contribution is -2.18. The Hall–Kier alpha value is -0.380. The SMILES string of the molecule is CC(Cl)c1nc2ccc(Cl)cc2n1CC1CCCCS1. The molecule has 2 nitrogen and oxygen atoms in total. The largest absolute Gasteiger partial charge is 0.326 e. The Morgan fingerprint density at radius 2 is 2.30 bits per heavy atom. The van der Waals surface area contributed by atoms with Crippen LogP contribution in [0.4, 0.5) is 0 Å². The Labute approximate surface area is 133 Å². The van der Waals surface area contributed by atoms with Gasteiger partial charge in [0.05, 0.1) is 16.4 Å². The van der Waals surface area contributed by atoms with E-state index in [-0.39, 0.29) is 5.38 Å². The number of imidazole rings is 1. The summed E-state index contributed by atoms with van der Waals surface area (Å²) in [6, 6.07) is 5.87. The molecule has 0 spiro atoms. The lowest BCUT2D eigenvalue weighted by atomic mass is 10.2. The molecule has 1 fully saturated rings. The fraction of sp³-hybridized carbons (Fsp3) is 0.533. The molecule has 1 aliphatic rings. The molecule has 2 unspecified atom stereocenters. The van der Waals surface area contributed by atoms with Gasteiger partial charge in [-0.1, -0.05) is 18.0 Å². The van der Waals surface area contributed by atoms with Gasteiger partial charge in [-0.3, -0.25) is 0 Å². The molecule has 0 saturated carbocycles. The topological polar surface area (TPSA) is 17.8 Å². The Kier molecular flexibility index (Phi) is 4.49. The summed E-state index contributed by atoms with van der Waals surface area (Å²) in [6.07, 6.45) is 3.95. The van der Waals surface area contributed by atoms with Crippen molar-refractivity contribution >= 4 is 46.0 Å². The minimum Gasteiger partial charge on any atom is -0.326 e. The van der Waals surface area contributed by atoms with Crippen molar-refractivity contribution in [3.63, 3.8) is 0 Å². The Bertz CT molecular complexity index is 603. The number of nitrogens with zero attached hydrogens (tertiary/aromatic N) is 2. The molecular formula is C15H18Cl2N2S. The van der Waals surface area contributed by atoms with Crippen LogP contribution in [0, 0.1) is 0 Å². The van der Waals surface area contributed by atoms with E-state index in [1.165, 1.54) is 25.0 Å². The molecule has 5 heteroatoms. The summed E-state index contributed by atoms with van der Waals surface area (Å²) in [5.41, 5.74) is 2.09. The third-order valence-electron chi connectivity index (χ3n) is 3.76. The Morgan fingerprint density at radius 1 is 1.45 bits per heavy atom. The average Bonchev–Trinajstić information content (AvgIpc) is 2.78. The molecule has 3 rings (SSSR count). The number of benzene rings is 1. The first kappa shape index (κ1) is 14.6. The number of aromatic nitrogens is 2. The van der Waals surface area contributed by atoms with Crippen molar-refractivity contribution in [2.45, 2.75) is 43.4 Å². The molecule has 20 heavy (non-hydrogen) atoms. The van der Waals surface area contributed by atoms with E-state index in [0.717, 1.165) is 28.4 Å². The van der Waals surface area contributed by atoms with Gasteiger partial charge >= 0.3 is 0 Å². The van der Waals surface area contributed by atoms with Crippen LogP contribution in [0.2, 0.25) is 5.02 Å². The number of hydrogen-bond donors (Lipinski definition) is 0. The second-order valence-electron chi connectivity index (χ2n) is 5.32. The van der Waals surface area contributed by atoms with E-state index in [4.69, 9.17) is 23.2 Å². The van der Waals surface area contributed by atoms with Crippen molar-refractivity contribution < 1.29 is 0 Å². The summed E-state index contributed by atoms with van der Waals surface area (Å²) in [6.45, 7) is 2.96. The van der Waals surface area contributed by atoms with E-state index in [2.05, 4.69) is 21.3 Å². The fourth-order valence-corrected chi connectivity index (χ4v) is 4.39. The molecule has 1 saturated heterocycles. The standard InChI is InChI=1S/C15H18Cl2N2S/c1-10(16)15-18-13-6-5-11(17)8-14(13)19(15)9-12-4-2-3-7-20-12/h5-6,8,10,12H,2-4,7,9H2,1H3. The van der Waals surface area contributed by atoms with E-state index >= 15 is 0 Å². The molecule has 1 aromatic heterocycles. The zero-order valence-electron chi connectivity index (χ0n) is 11.5. The van der Waals surface area contributed by atoms with Gasteiger partial charge in [0.15, 0.2) is 0 Å². The molecular weight excluding hydrogens is 311 g/mol. The van der Waals surface area contributed by atoms with Crippen LogP contribution >= 0.6 is 35.0 Å². The highest BCUT2D eigenvalue weighted by Gasteiger charge is 2.20. The lowest BCUT2D eigenvalue weighted by molar-refractivity contribution is 0.575. The predicted octanol–water partition coefficient (Wildman–Crippen LogP) is 5.28. The smallest absolute Gasteiger partial charge is 0.127 e. The molecule has 0 aliphatic carbocycles. The quantitative estimate of drug-likeness (QED) is 0.714. The monoisotopic (exact) mass is 328 g/mol. The summed E-state index contributed by atoms with van der Waals surface area (Å²) in [4.78, 5) is 4.68. The third-order valence-corrected chi connectivity index (χ3v) is 5.57. The minimum absolute atomic E-state index is 0.0882. The average molecular weight is 329 g/mol. The van der Waals surface area contributed by atoms with Gasteiger partial charge in [-0.05, 0) is 43.7 Å². The maximum Gasteiger partial charge on any atom is 0.127 e. The third kappa shape index (κ3) is 2.95. The van der Waals surface area contributed by atoms with E-state index in [1.54, 1.807) is 0 Å². The number of alkyl halides is 1. The second-order valence-corrected chi connectivity index (χ2v) is 7.82. The van der Waals surface area contributed by atoms with E-state index < -0.39 is 0 Å². The van der Waals surface area contributed by atoms with Crippen LogP contribution in [-0.4, -0.2) is 20.6 Å². The van der Waals surface area contributed by atoms with Crippen molar-refractivity contribution in [2.75, 3.05) is 5.75 Å². The van der Waals surface area contributed by atoms with Gasteiger partial charge in [0.25, 0.3) is 0 Å². The first-order chi connectivity index (χ1) is 9.65. The molecule has 0 radical (unpaired) electrons. The fourth-order valence-electron chi connectivity index (χ4n) is 2.77. The zero-order chi connectivity index (χ0) is 14.1. The van der Waals surface area contributed by atoms with Gasteiger partial charge in [0, 0.05) is 16.8 Å². The number of rotatable bonds is 3. The highest BCUT2D eigenvalue weighted by Crippen LogP contribution is 2.31. The molecule has 2 aromatic rings. The Morgan fingerprint density at radius 3 is 3.00 bits per heavy atom. The molecule has 108 valence electrons. The highest BCUT2D eigenvalue weighted by molar-refractivity contribution is 7.99. The zero-order valence-corrected chi connectivity index (χ0v) is 13.8. The van der Waals surface area contributed by atoms with Crippen LogP contribution in [-0.2, 0) is 6.54 Å². The van der Waals surface area contributed by atoms with Gasteiger partial charge < -0.3 is 4.57 Å². The molecule has 2 atom stereocenters. The normalized spacial score (nSPS) is 21.2.